The highest BCUT2D eigenvalue weighted by atomic mass is 19.3. The fourth-order valence-electron chi connectivity index (χ4n) is 2.28. The normalized spacial score (nSPS) is 12.6. The average Bonchev–Trinajstić information content (AvgIpc) is 2.52. The van der Waals surface area contributed by atoms with Gasteiger partial charge in [0.1, 0.15) is 0 Å². The minimum Gasteiger partial charge on any atom is -0.313 e. The van der Waals surface area contributed by atoms with Gasteiger partial charge in [0.05, 0.1) is 0 Å². The van der Waals surface area contributed by atoms with E-state index in [1.165, 1.54) is 17.7 Å². The molecule has 1 nitrogen and oxygen atoms in total. The van der Waals surface area contributed by atoms with E-state index in [-0.39, 0.29) is 5.56 Å². The van der Waals surface area contributed by atoms with Crippen molar-refractivity contribution in [2.45, 2.75) is 32.2 Å². The monoisotopic (exact) mass is 289 g/mol. The predicted octanol–water partition coefficient (Wildman–Crippen LogP) is 4.91. The summed E-state index contributed by atoms with van der Waals surface area (Å²) in [6.45, 7) is 3.84. The van der Waals surface area contributed by atoms with Gasteiger partial charge in [-0.25, -0.2) is 8.78 Å². The van der Waals surface area contributed by atoms with Gasteiger partial charge in [0.2, 0.25) is 0 Å². The van der Waals surface area contributed by atoms with E-state index in [0.29, 0.717) is 12.5 Å². The molecule has 0 aromatic heterocycles. The largest absolute Gasteiger partial charge is 0.313 e. The summed E-state index contributed by atoms with van der Waals surface area (Å²) in [5.41, 5.74) is 2.46. The van der Waals surface area contributed by atoms with Gasteiger partial charge < -0.3 is 5.32 Å². The number of rotatable bonds is 7. The number of nitrogens with one attached hydrogen (secondary N) is 1. The van der Waals surface area contributed by atoms with Crippen LogP contribution in [0.15, 0.2) is 54.6 Å². The molecule has 1 unspecified atom stereocenters. The molecule has 0 spiro atoms. The third-order valence-corrected chi connectivity index (χ3v) is 3.68. The quantitative estimate of drug-likeness (QED) is 0.714. The van der Waals surface area contributed by atoms with Crippen LogP contribution in [-0.2, 0) is 6.54 Å². The number of alkyl halides is 2. The molecular weight excluding hydrogens is 268 g/mol. The number of hydrogen-bond acceptors (Lipinski definition) is 1. The molecule has 0 bridgehead atoms. The fourth-order valence-corrected chi connectivity index (χ4v) is 2.28. The molecule has 2 aromatic rings. The minimum atomic E-state index is -2.39. The van der Waals surface area contributed by atoms with Gasteiger partial charge in [-0.15, -0.1) is 0 Å². The first-order chi connectivity index (χ1) is 10.2. The molecule has 0 amide bonds. The molecule has 0 radical (unpaired) electrons. The number of hydrogen-bond donors (Lipinski definition) is 1. The summed E-state index contributed by atoms with van der Waals surface area (Å²) in [6.07, 6.45) is -1.34. The Morgan fingerprint density at radius 3 is 2.19 bits per heavy atom. The Morgan fingerprint density at radius 1 is 0.905 bits per heavy atom. The van der Waals surface area contributed by atoms with Crippen molar-refractivity contribution in [1.82, 2.24) is 5.32 Å². The summed E-state index contributed by atoms with van der Waals surface area (Å²) >= 11 is 0. The Balaban J connectivity index is 1.72. The fraction of sp³-hybridized carbons (Fsp3) is 0.333. The molecule has 0 aliphatic carbocycles. The van der Waals surface area contributed by atoms with E-state index in [1.54, 1.807) is 12.1 Å². The molecule has 0 aliphatic heterocycles. The Labute approximate surface area is 125 Å². The van der Waals surface area contributed by atoms with Crippen LogP contribution < -0.4 is 5.32 Å². The van der Waals surface area contributed by atoms with E-state index in [0.717, 1.165) is 18.5 Å². The Hall–Kier alpha value is -1.74. The van der Waals surface area contributed by atoms with Crippen molar-refractivity contribution in [2.24, 2.45) is 0 Å². The van der Waals surface area contributed by atoms with Crippen LogP contribution in [0.5, 0.6) is 0 Å². The molecule has 0 heterocycles. The summed E-state index contributed by atoms with van der Waals surface area (Å²) in [4.78, 5) is 0. The van der Waals surface area contributed by atoms with Gasteiger partial charge in [-0.3, -0.25) is 0 Å². The molecule has 21 heavy (non-hydrogen) atoms. The van der Waals surface area contributed by atoms with E-state index in [4.69, 9.17) is 0 Å². The molecule has 2 rings (SSSR count). The first-order valence-corrected chi connectivity index (χ1v) is 7.29. The summed E-state index contributed by atoms with van der Waals surface area (Å²) in [7, 11) is 0. The molecule has 112 valence electrons. The molecular formula is C18H21F2N. The van der Waals surface area contributed by atoms with Crippen LogP contribution >= 0.6 is 0 Å². The van der Waals surface area contributed by atoms with Crippen molar-refractivity contribution in [3.8, 4) is 0 Å². The molecule has 2 aromatic carbocycles. The van der Waals surface area contributed by atoms with Crippen molar-refractivity contribution >= 4 is 0 Å². The second kappa shape index (κ2) is 7.89. The highest BCUT2D eigenvalue weighted by Crippen LogP contribution is 2.19. The molecule has 0 saturated carbocycles. The predicted molar refractivity (Wildman–Crippen MR) is 82.6 cm³/mol. The first kappa shape index (κ1) is 15.6. The van der Waals surface area contributed by atoms with Crippen LogP contribution in [0, 0.1) is 0 Å². The summed E-state index contributed by atoms with van der Waals surface area (Å²) in [5.74, 6) is 0.514. The lowest BCUT2D eigenvalue weighted by Crippen LogP contribution is -2.16. The van der Waals surface area contributed by atoms with Crippen molar-refractivity contribution in [1.29, 1.82) is 0 Å². The second-order valence-electron chi connectivity index (χ2n) is 5.32. The number of benzene rings is 2. The molecule has 1 atom stereocenters. The van der Waals surface area contributed by atoms with Gasteiger partial charge in [-0.2, -0.15) is 0 Å². The summed E-state index contributed by atoms with van der Waals surface area (Å²) < 4.78 is 24.9. The summed E-state index contributed by atoms with van der Waals surface area (Å²) in [6, 6.07) is 16.9. The van der Waals surface area contributed by atoms with E-state index >= 15 is 0 Å². The zero-order valence-electron chi connectivity index (χ0n) is 12.2. The maximum atomic E-state index is 12.4. The molecule has 3 heteroatoms. The van der Waals surface area contributed by atoms with Gasteiger partial charge in [-0.1, -0.05) is 61.5 Å². The van der Waals surface area contributed by atoms with E-state index in [2.05, 4.69) is 36.5 Å². The van der Waals surface area contributed by atoms with E-state index in [1.807, 2.05) is 6.07 Å². The Kier molecular flexibility index (Phi) is 5.88. The van der Waals surface area contributed by atoms with Gasteiger partial charge in [0, 0.05) is 12.1 Å². The SMILES string of the molecule is CC(CCNCc1ccc(C(F)F)cc1)c1ccccc1. The standard InChI is InChI=1S/C18H21F2N/c1-14(16-5-3-2-4-6-16)11-12-21-13-15-7-9-17(10-8-15)18(19)20/h2-10,14,18,21H,11-13H2,1H3. The third kappa shape index (κ3) is 4.94. The maximum Gasteiger partial charge on any atom is 0.263 e. The lowest BCUT2D eigenvalue weighted by atomic mass is 9.98. The second-order valence-corrected chi connectivity index (χ2v) is 5.32. The maximum absolute atomic E-state index is 12.4. The van der Waals surface area contributed by atoms with Crippen molar-refractivity contribution < 1.29 is 8.78 Å². The smallest absolute Gasteiger partial charge is 0.263 e. The Bertz CT molecular complexity index is 523. The Morgan fingerprint density at radius 2 is 1.57 bits per heavy atom. The highest BCUT2D eigenvalue weighted by Gasteiger charge is 2.06. The van der Waals surface area contributed by atoms with Gasteiger partial charge in [0.25, 0.3) is 6.43 Å². The molecule has 0 saturated heterocycles. The van der Waals surface area contributed by atoms with Crippen molar-refractivity contribution in [3.63, 3.8) is 0 Å². The van der Waals surface area contributed by atoms with Gasteiger partial charge in [-0.05, 0) is 30.0 Å². The lowest BCUT2D eigenvalue weighted by molar-refractivity contribution is 0.151. The molecule has 0 aliphatic rings. The zero-order chi connectivity index (χ0) is 15.1. The van der Waals surface area contributed by atoms with Crippen LogP contribution in [0.25, 0.3) is 0 Å². The minimum absolute atomic E-state index is 0.0800. The summed E-state index contributed by atoms with van der Waals surface area (Å²) in [5, 5.41) is 3.36. The third-order valence-electron chi connectivity index (χ3n) is 3.68. The topological polar surface area (TPSA) is 12.0 Å². The van der Waals surface area contributed by atoms with Crippen molar-refractivity contribution in [2.75, 3.05) is 6.54 Å². The van der Waals surface area contributed by atoms with Crippen LogP contribution in [-0.4, -0.2) is 6.54 Å². The highest BCUT2D eigenvalue weighted by molar-refractivity contribution is 5.23. The van der Waals surface area contributed by atoms with Crippen LogP contribution in [0.2, 0.25) is 0 Å². The lowest BCUT2D eigenvalue weighted by Gasteiger charge is -2.12. The van der Waals surface area contributed by atoms with Crippen LogP contribution in [0.1, 0.15) is 42.4 Å². The van der Waals surface area contributed by atoms with E-state index < -0.39 is 6.43 Å². The molecule has 0 fully saturated rings. The molecule has 1 N–H and O–H groups in total. The van der Waals surface area contributed by atoms with Crippen molar-refractivity contribution in [3.05, 3.63) is 71.3 Å². The zero-order valence-corrected chi connectivity index (χ0v) is 12.2. The van der Waals surface area contributed by atoms with Gasteiger partial charge >= 0.3 is 0 Å². The van der Waals surface area contributed by atoms with Crippen LogP contribution in [0.3, 0.4) is 0 Å². The average molecular weight is 289 g/mol. The van der Waals surface area contributed by atoms with E-state index in [9.17, 15) is 8.78 Å². The van der Waals surface area contributed by atoms with Gasteiger partial charge in [0.15, 0.2) is 0 Å². The first-order valence-electron chi connectivity index (χ1n) is 7.29. The number of halogens is 2. The van der Waals surface area contributed by atoms with Crippen LogP contribution in [0.4, 0.5) is 8.78 Å².